The Morgan fingerprint density at radius 1 is 1.14 bits per heavy atom. The van der Waals surface area contributed by atoms with Gasteiger partial charge in [0.2, 0.25) is 0 Å². The average Bonchev–Trinajstić information content (AvgIpc) is 2.01. The lowest BCUT2D eigenvalue weighted by Gasteiger charge is -2.19. The van der Waals surface area contributed by atoms with Crippen molar-refractivity contribution >= 4 is 0 Å². The Hall–Kier alpha value is -1.43. The van der Waals surface area contributed by atoms with Gasteiger partial charge in [0.1, 0.15) is 17.5 Å². The molecule has 0 fully saturated rings. The van der Waals surface area contributed by atoms with Gasteiger partial charge in [0.15, 0.2) is 0 Å². The molecule has 0 unspecified atom stereocenters. The van der Waals surface area contributed by atoms with Crippen LogP contribution in [-0.2, 0) is 5.41 Å². The lowest BCUT2D eigenvalue weighted by Crippen LogP contribution is -2.18. The summed E-state index contributed by atoms with van der Waals surface area (Å²) >= 11 is 0. The van der Waals surface area contributed by atoms with Gasteiger partial charge < -0.3 is 0 Å². The molecule has 0 spiro atoms. The second-order valence-electron chi connectivity index (χ2n) is 3.51. The molecular formula is C11H9F3. The molecule has 0 amide bonds. The van der Waals surface area contributed by atoms with Crippen molar-refractivity contribution in [1.29, 1.82) is 0 Å². The topological polar surface area (TPSA) is 0 Å². The molecule has 1 aromatic rings. The van der Waals surface area contributed by atoms with E-state index in [0.29, 0.717) is 12.1 Å². The van der Waals surface area contributed by atoms with Crippen molar-refractivity contribution in [3.05, 3.63) is 35.1 Å². The van der Waals surface area contributed by atoms with Gasteiger partial charge in [-0.2, -0.15) is 0 Å². The SMILES string of the molecule is C#CC(C)(C)c1c(F)cc(F)cc1F. The normalized spacial score (nSPS) is 11.1. The van der Waals surface area contributed by atoms with Crippen LogP contribution in [-0.4, -0.2) is 0 Å². The van der Waals surface area contributed by atoms with Gasteiger partial charge in [0, 0.05) is 17.7 Å². The summed E-state index contributed by atoms with van der Waals surface area (Å²) in [5.41, 5.74) is -1.36. The van der Waals surface area contributed by atoms with E-state index in [1.165, 1.54) is 13.8 Å². The maximum Gasteiger partial charge on any atom is 0.133 e. The van der Waals surface area contributed by atoms with Crippen LogP contribution in [0.25, 0.3) is 0 Å². The zero-order chi connectivity index (χ0) is 10.9. The molecule has 14 heavy (non-hydrogen) atoms. The summed E-state index contributed by atoms with van der Waals surface area (Å²) in [6.45, 7) is 2.98. The van der Waals surface area contributed by atoms with Gasteiger partial charge in [0.05, 0.1) is 5.41 Å². The first-order chi connectivity index (χ1) is 6.38. The van der Waals surface area contributed by atoms with Crippen molar-refractivity contribution < 1.29 is 13.2 Å². The molecule has 1 aromatic carbocycles. The fraction of sp³-hybridized carbons (Fsp3) is 0.273. The van der Waals surface area contributed by atoms with Crippen molar-refractivity contribution in [2.24, 2.45) is 0 Å². The van der Waals surface area contributed by atoms with Crippen molar-refractivity contribution in [1.82, 2.24) is 0 Å². The van der Waals surface area contributed by atoms with E-state index in [-0.39, 0.29) is 5.56 Å². The fourth-order valence-electron chi connectivity index (χ4n) is 1.21. The standard InChI is InChI=1S/C11H9F3/c1-4-11(2,3)10-8(13)5-7(12)6-9(10)14/h1,5-6H,2-3H3. The molecule has 3 heteroatoms. The fourth-order valence-corrected chi connectivity index (χ4v) is 1.21. The van der Waals surface area contributed by atoms with E-state index in [9.17, 15) is 13.2 Å². The van der Waals surface area contributed by atoms with Crippen LogP contribution in [0, 0.1) is 29.8 Å². The van der Waals surface area contributed by atoms with E-state index in [0.717, 1.165) is 0 Å². The first kappa shape index (κ1) is 10.6. The number of hydrogen-bond donors (Lipinski definition) is 0. The Bertz CT molecular complexity index is 376. The molecule has 0 aliphatic rings. The molecule has 0 N–H and O–H groups in total. The van der Waals surface area contributed by atoms with E-state index in [2.05, 4.69) is 5.92 Å². The Labute approximate surface area is 80.8 Å². The number of halogens is 3. The highest BCUT2D eigenvalue weighted by molar-refractivity contribution is 5.34. The Morgan fingerprint density at radius 3 is 1.93 bits per heavy atom. The van der Waals surface area contributed by atoms with E-state index in [1.54, 1.807) is 0 Å². The van der Waals surface area contributed by atoms with Crippen molar-refractivity contribution in [2.45, 2.75) is 19.3 Å². The van der Waals surface area contributed by atoms with Gasteiger partial charge in [-0.15, -0.1) is 6.42 Å². The predicted molar refractivity (Wildman–Crippen MR) is 48.2 cm³/mol. The number of terminal acetylenes is 1. The van der Waals surface area contributed by atoms with Crippen LogP contribution in [0.5, 0.6) is 0 Å². The van der Waals surface area contributed by atoms with Crippen LogP contribution in [0.3, 0.4) is 0 Å². The summed E-state index contributed by atoms with van der Waals surface area (Å²) in [5.74, 6) is -0.598. The van der Waals surface area contributed by atoms with E-state index in [1.807, 2.05) is 0 Å². The third-order valence-corrected chi connectivity index (χ3v) is 1.99. The number of rotatable bonds is 1. The Balaban J connectivity index is 3.44. The highest BCUT2D eigenvalue weighted by Crippen LogP contribution is 2.28. The number of hydrogen-bond acceptors (Lipinski definition) is 0. The van der Waals surface area contributed by atoms with Crippen LogP contribution in [0.15, 0.2) is 12.1 Å². The molecular weight excluding hydrogens is 189 g/mol. The Morgan fingerprint density at radius 2 is 1.57 bits per heavy atom. The third kappa shape index (κ3) is 1.74. The van der Waals surface area contributed by atoms with Gasteiger partial charge in [-0.25, -0.2) is 13.2 Å². The molecule has 0 bridgehead atoms. The van der Waals surface area contributed by atoms with Crippen molar-refractivity contribution in [2.75, 3.05) is 0 Å². The van der Waals surface area contributed by atoms with Gasteiger partial charge in [0.25, 0.3) is 0 Å². The summed E-state index contributed by atoms with van der Waals surface area (Å²) in [4.78, 5) is 0. The molecule has 0 atom stereocenters. The van der Waals surface area contributed by atoms with Gasteiger partial charge in [-0.05, 0) is 13.8 Å². The summed E-state index contributed by atoms with van der Waals surface area (Å²) < 4.78 is 39.0. The molecule has 74 valence electrons. The van der Waals surface area contributed by atoms with Crippen LogP contribution < -0.4 is 0 Å². The molecule has 0 radical (unpaired) electrons. The monoisotopic (exact) mass is 198 g/mol. The zero-order valence-electron chi connectivity index (χ0n) is 7.87. The second kappa shape index (κ2) is 3.38. The lowest BCUT2D eigenvalue weighted by atomic mass is 9.85. The van der Waals surface area contributed by atoms with Gasteiger partial charge >= 0.3 is 0 Å². The molecule has 0 heterocycles. The summed E-state index contributed by atoms with van der Waals surface area (Å²) in [7, 11) is 0. The minimum atomic E-state index is -1.08. The molecule has 0 saturated heterocycles. The van der Waals surface area contributed by atoms with Crippen molar-refractivity contribution in [3.63, 3.8) is 0 Å². The van der Waals surface area contributed by atoms with Crippen LogP contribution >= 0.6 is 0 Å². The third-order valence-electron chi connectivity index (χ3n) is 1.99. The van der Waals surface area contributed by atoms with Crippen LogP contribution in [0.4, 0.5) is 13.2 Å². The highest BCUT2D eigenvalue weighted by Gasteiger charge is 2.26. The molecule has 1 rings (SSSR count). The van der Waals surface area contributed by atoms with E-state index >= 15 is 0 Å². The van der Waals surface area contributed by atoms with Crippen LogP contribution in [0.1, 0.15) is 19.4 Å². The molecule has 0 saturated carbocycles. The van der Waals surface area contributed by atoms with Gasteiger partial charge in [-0.3, -0.25) is 0 Å². The summed E-state index contributed by atoms with van der Waals surface area (Å²) in [6.07, 6.45) is 5.14. The Kier molecular flexibility index (Phi) is 2.57. The summed E-state index contributed by atoms with van der Waals surface area (Å²) in [6, 6.07) is 1.25. The maximum absolute atomic E-state index is 13.2. The molecule has 0 aliphatic heterocycles. The first-order valence-corrected chi connectivity index (χ1v) is 4.01. The minimum Gasteiger partial charge on any atom is -0.207 e. The molecule has 0 nitrogen and oxygen atoms in total. The van der Waals surface area contributed by atoms with Gasteiger partial charge in [-0.1, -0.05) is 5.92 Å². The smallest absolute Gasteiger partial charge is 0.133 e. The second-order valence-corrected chi connectivity index (χ2v) is 3.51. The maximum atomic E-state index is 13.2. The summed E-state index contributed by atoms with van der Waals surface area (Å²) in [5, 5.41) is 0. The lowest BCUT2D eigenvalue weighted by molar-refractivity contribution is 0.491. The molecule has 0 aliphatic carbocycles. The van der Waals surface area contributed by atoms with Crippen LogP contribution in [0.2, 0.25) is 0 Å². The van der Waals surface area contributed by atoms with E-state index < -0.39 is 22.9 Å². The quantitative estimate of drug-likeness (QED) is 0.608. The van der Waals surface area contributed by atoms with Crippen molar-refractivity contribution in [3.8, 4) is 12.3 Å². The highest BCUT2D eigenvalue weighted by atomic mass is 19.1. The van der Waals surface area contributed by atoms with E-state index in [4.69, 9.17) is 6.42 Å². The number of benzene rings is 1. The average molecular weight is 198 g/mol. The predicted octanol–water partition coefficient (Wildman–Crippen LogP) is 3.01. The largest absolute Gasteiger partial charge is 0.207 e. The minimum absolute atomic E-state index is 0.276. The zero-order valence-corrected chi connectivity index (χ0v) is 7.87. The molecule has 0 aromatic heterocycles. The first-order valence-electron chi connectivity index (χ1n) is 4.01.